The molecular formula is C13H12F3NO3. The first-order valence-electron chi connectivity index (χ1n) is 5.81. The number of aliphatic imine (C=N–C) groups is 1. The number of halogens is 3. The highest BCUT2D eigenvalue weighted by molar-refractivity contribution is 5.58. The number of hydrogen-bond acceptors (Lipinski definition) is 4. The van der Waals surface area contributed by atoms with Gasteiger partial charge in [-0.2, -0.15) is 18.2 Å². The molecule has 20 heavy (non-hydrogen) atoms. The molecule has 108 valence electrons. The molecule has 2 rings (SSSR count). The van der Waals surface area contributed by atoms with E-state index in [9.17, 15) is 18.0 Å². The van der Waals surface area contributed by atoms with Gasteiger partial charge in [-0.25, -0.2) is 4.79 Å². The van der Waals surface area contributed by atoms with Crippen LogP contribution >= 0.6 is 0 Å². The van der Waals surface area contributed by atoms with Gasteiger partial charge in [-0.05, 0) is 18.9 Å². The lowest BCUT2D eigenvalue weighted by Gasteiger charge is -2.20. The first-order valence-corrected chi connectivity index (χ1v) is 5.81. The summed E-state index contributed by atoms with van der Waals surface area (Å²) in [5.74, 6) is -0.441. The van der Waals surface area contributed by atoms with E-state index in [1.807, 2.05) is 0 Å². The standard InChI is InChI=1S/C13H12F3NO3/c1-19-10-8(12(5-6-12)17-7-18)3-4-9(11(10)20-2)13(14,15)16/h3-4H,5-6H2,1-2H3. The summed E-state index contributed by atoms with van der Waals surface area (Å²) in [6, 6.07) is 2.19. The average molecular weight is 287 g/mol. The van der Waals surface area contributed by atoms with Gasteiger partial charge in [0.2, 0.25) is 6.08 Å². The van der Waals surface area contributed by atoms with Crippen molar-refractivity contribution in [1.82, 2.24) is 0 Å². The molecule has 1 aromatic carbocycles. The third-order valence-corrected chi connectivity index (χ3v) is 3.31. The number of hydrogen-bond donors (Lipinski definition) is 0. The molecule has 4 nitrogen and oxygen atoms in total. The number of rotatable bonds is 4. The quantitative estimate of drug-likeness (QED) is 0.631. The number of methoxy groups -OCH3 is 2. The molecule has 1 saturated carbocycles. The Labute approximate surface area is 113 Å². The molecule has 0 amide bonds. The molecule has 1 aliphatic carbocycles. The Balaban J connectivity index is 2.65. The van der Waals surface area contributed by atoms with Crippen molar-refractivity contribution in [2.24, 2.45) is 4.99 Å². The van der Waals surface area contributed by atoms with E-state index < -0.39 is 23.0 Å². The average Bonchev–Trinajstić information content (AvgIpc) is 3.17. The van der Waals surface area contributed by atoms with E-state index >= 15 is 0 Å². The topological polar surface area (TPSA) is 47.9 Å². The third-order valence-electron chi connectivity index (χ3n) is 3.31. The molecule has 0 bridgehead atoms. The van der Waals surface area contributed by atoms with Crippen molar-refractivity contribution in [3.05, 3.63) is 23.3 Å². The lowest BCUT2D eigenvalue weighted by atomic mass is 10.0. The molecule has 1 fully saturated rings. The number of isocyanates is 1. The Hall–Kier alpha value is -2.01. The number of alkyl halides is 3. The van der Waals surface area contributed by atoms with Crippen LogP contribution in [0.15, 0.2) is 17.1 Å². The zero-order valence-corrected chi connectivity index (χ0v) is 10.9. The van der Waals surface area contributed by atoms with Crippen LogP contribution < -0.4 is 9.47 Å². The fourth-order valence-electron chi connectivity index (χ4n) is 2.20. The van der Waals surface area contributed by atoms with Gasteiger partial charge in [-0.15, -0.1) is 0 Å². The fraction of sp³-hybridized carbons (Fsp3) is 0.462. The van der Waals surface area contributed by atoms with Gasteiger partial charge in [-0.3, -0.25) is 0 Å². The number of carbonyl (C=O) groups excluding carboxylic acids is 1. The van der Waals surface area contributed by atoms with Gasteiger partial charge in [-0.1, -0.05) is 6.07 Å². The normalized spacial score (nSPS) is 16.2. The number of benzene rings is 1. The van der Waals surface area contributed by atoms with Crippen LogP contribution in [0.5, 0.6) is 11.5 Å². The summed E-state index contributed by atoms with van der Waals surface area (Å²) in [6.07, 6.45) is -1.97. The minimum Gasteiger partial charge on any atom is -0.492 e. The highest BCUT2D eigenvalue weighted by Gasteiger charge is 2.49. The minimum absolute atomic E-state index is 0.0428. The van der Waals surface area contributed by atoms with E-state index in [4.69, 9.17) is 9.47 Å². The Morgan fingerprint density at radius 3 is 2.20 bits per heavy atom. The molecule has 0 aliphatic heterocycles. The first-order chi connectivity index (χ1) is 9.39. The summed E-state index contributed by atoms with van der Waals surface area (Å²) >= 11 is 0. The van der Waals surface area contributed by atoms with E-state index in [0.717, 1.165) is 13.2 Å². The molecule has 0 unspecified atom stereocenters. The van der Waals surface area contributed by atoms with Gasteiger partial charge in [0.1, 0.15) is 11.1 Å². The van der Waals surface area contributed by atoms with E-state index in [1.165, 1.54) is 19.3 Å². The second-order valence-electron chi connectivity index (χ2n) is 4.46. The van der Waals surface area contributed by atoms with Crippen molar-refractivity contribution in [2.75, 3.05) is 14.2 Å². The van der Waals surface area contributed by atoms with Crippen LogP contribution in [0.1, 0.15) is 24.0 Å². The van der Waals surface area contributed by atoms with Gasteiger partial charge in [0, 0.05) is 5.56 Å². The van der Waals surface area contributed by atoms with Gasteiger partial charge >= 0.3 is 6.18 Å². The second kappa shape index (κ2) is 4.83. The van der Waals surface area contributed by atoms with Crippen LogP contribution in [-0.4, -0.2) is 20.3 Å². The minimum atomic E-state index is -4.55. The smallest absolute Gasteiger partial charge is 0.420 e. The number of ether oxygens (including phenoxy) is 2. The Morgan fingerprint density at radius 1 is 1.20 bits per heavy atom. The Bertz CT molecular complexity index is 573. The molecule has 0 radical (unpaired) electrons. The van der Waals surface area contributed by atoms with Crippen molar-refractivity contribution in [1.29, 1.82) is 0 Å². The van der Waals surface area contributed by atoms with Crippen LogP contribution in [0.25, 0.3) is 0 Å². The molecule has 0 saturated heterocycles. The summed E-state index contributed by atoms with van der Waals surface area (Å²) in [7, 11) is 2.39. The van der Waals surface area contributed by atoms with E-state index in [1.54, 1.807) is 0 Å². The molecule has 0 N–H and O–H groups in total. The van der Waals surface area contributed by atoms with Gasteiger partial charge in [0.05, 0.1) is 14.2 Å². The van der Waals surface area contributed by atoms with E-state index in [-0.39, 0.29) is 5.75 Å². The van der Waals surface area contributed by atoms with Crippen molar-refractivity contribution >= 4 is 6.08 Å². The predicted octanol–water partition coefficient (Wildman–Crippen LogP) is 3.05. The molecule has 0 aromatic heterocycles. The van der Waals surface area contributed by atoms with E-state index in [2.05, 4.69) is 4.99 Å². The van der Waals surface area contributed by atoms with Crippen molar-refractivity contribution < 1.29 is 27.4 Å². The molecule has 1 aliphatic rings. The monoisotopic (exact) mass is 287 g/mol. The largest absolute Gasteiger partial charge is 0.492 e. The van der Waals surface area contributed by atoms with Crippen LogP contribution in [0, 0.1) is 0 Å². The molecular weight excluding hydrogens is 275 g/mol. The maximum Gasteiger partial charge on any atom is 0.420 e. The van der Waals surface area contributed by atoms with Gasteiger partial charge in [0.25, 0.3) is 0 Å². The van der Waals surface area contributed by atoms with Gasteiger partial charge < -0.3 is 9.47 Å². The van der Waals surface area contributed by atoms with Crippen LogP contribution in [0.4, 0.5) is 13.2 Å². The predicted molar refractivity (Wildman–Crippen MR) is 63.6 cm³/mol. The van der Waals surface area contributed by atoms with Crippen LogP contribution in [0.2, 0.25) is 0 Å². The lowest BCUT2D eigenvalue weighted by Crippen LogP contribution is -2.12. The summed E-state index contributed by atoms with van der Waals surface area (Å²) < 4.78 is 48.7. The maximum absolute atomic E-state index is 12.9. The summed E-state index contributed by atoms with van der Waals surface area (Å²) in [4.78, 5) is 14.2. The van der Waals surface area contributed by atoms with Gasteiger partial charge in [0.15, 0.2) is 11.5 Å². The van der Waals surface area contributed by atoms with Crippen molar-refractivity contribution in [3.8, 4) is 11.5 Å². The van der Waals surface area contributed by atoms with Crippen molar-refractivity contribution in [2.45, 2.75) is 24.6 Å². The second-order valence-corrected chi connectivity index (χ2v) is 4.46. The van der Waals surface area contributed by atoms with E-state index in [0.29, 0.717) is 18.4 Å². The first kappa shape index (κ1) is 14.4. The number of nitrogens with zero attached hydrogens (tertiary/aromatic N) is 1. The highest BCUT2D eigenvalue weighted by Crippen LogP contribution is 2.55. The SMILES string of the molecule is COc1c(C(F)(F)F)ccc(C2(N=C=O)CC2)c1OC. The summed E-state index contributed by atoms with van der Waals surface area (Å²) in [5.41, 5.74) is -1.34. The summed E-state index contributed by atoms with van der Waals surface area (Å²) in [5, 5.41) is 0. The Kier molecular flexibility index (Phi) is 3.48. The lowest BCUT2D eigenvalue weighted by molar-refractivity contribution is -0.138. The van der Waals surface area contributed by atoms with Crippen LogP contribution in [-0.2, 0) is 16.5 Å². The molecule has 1 aromatic rings. The zero-order valence-electron chi connectivity index (χ0n) is 10.9. The third kappa shape index (κ3) is 2.25. The molecule has 7 heteroatoms. The molecule has 0 heterocycles. The molecule has 0 atom stereocenters. The van der Waals surface area contributed by atoms with Crippen LogP contribution in [0.3, 0.4) is 0 Å². The highest BCUT2D eigenvalue weighted by atomic mass is 19.4. The Morgan fingerprint density at radius 2 is 1.80 bits per heavy atom. The fourth-order valence-corrected chi connectivity index (χ4v) is 2.20. The van der Waals surface area contributed by atoms with Crippen molar-refractivity contribution in [3.63, 3.8) is 0 Å². The maximum atomic E-state index is 12.9. The zero-order chi connectivity index (χ0) is 15.0. The molecule has 0 spiro atoms. The summed E-state index contributed by atoms with van der Waals surface area (Å²) in [6.45, 7) is 0.